The molecule has 0 aliphatic carbocycles. The van der Waals surface area contributed by atoms with Crippen molar-refractivity contribution in [3.63, 3.8) is 0 Å². The summed E-state index contributed by atoms with van der Waals surface area (Å²) in [4.78, 5) is 6.52. The third-order valence-electron chi connectivity index (χ3n) is 3.21. The van der Waals surface area contributed by atoms with Gasteiger partial charge in [-0.3, -0.25) is 0 Å². The lowest BCUT2D eigenvalue weighted by molar-refractivity contribution is 0.199. The van der Waals surface area contributed by atoms with E-state index in [1.165, 1.54) is 0 Å². The van der Waals surface area contributed by atoms with E-state index in [4.69, 9.17) is 0 Å². The summed E-state index contributed by atoms with van der Waals surface area (Å²) in [5, 5.41) is 17.8. The Morgan fingerprint density at radius 1 is 1.39 bits per heavy atom. The van der Waals surface area contributed by atoms with E-state index in [-0.39, 0.29) is 0 Å². The summed E-state index contributed by atoms with van der Waals surface area (Å²) >= 11 is 0. The number of pyridine rings is 1. The lowest BCUT2D eigenvalue weighted by Gasteiger charge is -2.30. The third kappa shape index (κ3) is 1.84. The maximum atomic E-state index is 9.79. The second-order valence-electron chi connectivity index (χ2n) is 4.45. The normalized spacial score (nSPS) is 16.4. The van der Waals surface area contributed by atoms with Gasteiger partial charge in [-0.05, 0) is 13.0 Å². The Morgan fingerprint density at radius 2 is 2.28 bits per heavy atom. The first kappa shape index (κ1) is 11.2. The predicted octanol–water partition coefficient (Wildman–Crippen LogP) is 0.747. The zero-order chi connectivity index (χ0) is 12.5. The Hall–Kier alpha value is -1.95. The summed E-state index contributed by atoms with van der Waals surface area (Å²) in [5.41, 5.74) is 0.852. The van der Waals surface area contributed by atoms with Crippen LogP contribution in [0.15, 0.2) is 24.7 Å². The molecule has 2 aromatic heterocycles. The standard InChI is InChI=1S/C12H15N5O/c1-9(18)10-3-2-4-13-12(10)16-5-6-17-8-14-15-11(17)7-16/h2-4,8-9,18H,5-7H2,1H3/t9-/m0/s1. The van der Waals surface area contributed by atoms with E-state index < -0.39 is 6.10 Å². The number of nitrogens with zero attached hydrogens (tertiary/aromatic N) is 5. The topological polar surface area (TPSA) is 67.1 Å². The molecule has 0 saturated carbocycles. The first-order valence-electron chi connectivity index (χ1n) is 6.00. The van der Waals surface area contributed by atoms with Crippen LogP contribution in [0.1, 0.15) is 24.4 Å². The van der Waals surface area contributed by atoms with E-state index in [0.29, 0.717) is 6.54 Å². The third-order valence-corrected chi connectivity index (χ3v) is 3.21. The minimum Gasteiger partial charge on any atom is -0.389 e. The number of hydrogen-bond acceptors (Lipinski definition) is 5. The van der Waals surface area contributed by atoms with Crippen molar-refractivity contribution in [2.24, 2.45) is 0 Å². The van der Waals surface area contributed by atoms with Gasteiger partial charge in [0.1, 0.15) is 12.1 Å². The number of aliphatic hydroxyl groups is 1. The highest BCUT2D eigenvalue weighted by Crippen LogP contribution is 2.26. The van der Waals surface area contributed by atoms with Crippen LogP contribution < -0.4 is 4.90 Å². The first-order chi connectivity index (χ1) is 8.75. The Labute approximate surface area is 105 Å². The van der Waals surface area contributed by atoms with E-state index in [1.807, 2.05) is 16.7 Å². The second-order valence-corrected chi connectivity index (χ2v) is 4.45. The van der Waals surface area contributed by atoms with Gasteiger partial charge in [0.05, 0.1) is 12.6 Å². The highest BCUT2D eigenvalue weighted by Gasteiger charge is 2.21. The molecule has 0 unspecified atom stereocenters. The summed E-state index contributed by atoms with van der Waals surface area (Å²) in [7, 11) is 0. The second kappa shape index (κ2) is 4.38. The summed E-state index contributed by atoms with van der Waals surface area (Å²) in [5.74, 6) is 1.77. The number of aliphatic hydroxyl groups excluding tert-OH is 1. The van der Waals surface area contributed by atoms with Crippen molar-refractivity contribution in [2.45, 2.75) is 26.1 Å². The van der Waals surface area contributed by atoms with Gasteiger partial charge in [-0.15, -0.1) is 10.2 Å². The molecule has 0 spiro atoms. The highest BCUT2D eigenvalue weighted by atomic mass is 16.3. The molecule has 94 valence electrons. The van der Waals surface area contributed by atoms with Crippen molar-refractivity contribution >= 4 is 5.82 Å². The average molecular weight is 245 g/mol. The Bertz CT molecular complexity index is 551. The lowest BCUT2D eigenvalue weighted by atomic mass is 10.1. The number of aromatic nitrogens is 4. The zero-order valence-electron chi connectivity index (χ0n) is 10.2. The fraction of sp³-hybridized carbons (Fsp3) is 0.417. The van der Waals surface area contributed by atoms with Gasteiger partial charge in [-0.1, -0.05) is 6.07 Å². The summed E-state index contributed by atoms with van der Waals surface area (Å²) in [6, 6.07) is 3.75. The number of hydrogen-bond donors (Lipinski definition) is 1. The maximum absolute atomic E-state index is 9.79. The van der Waals surface area contributed by atoms with E-state index in [2.05, 4.69) is 20.1 Å². The van der Waals surface area contributed by atoms with Crippen LogP contribution in [0.2, 0.25) is 0 Å². The largest absolute Gasteiger partial charge is 0.389 e. The molecule has 1 atom stereocenters. The quantitative estimate of drug-likeness (QED) is 0.845. The van der Waals surface area contributed by atoms with E-state index in [0.717, 1.165) is 30.3 Å². The van der Waals surface area contributed by atoms with Crippen LogP contribution in [0.3, 0.4) is 0 Å². The van der Waals surface area contributed by atoms with E-state index >= 15 is 0 Å². The maximum Gasteiger partial charge on any atom is 0.152 e. The minimum atomic E-state index is -0.520. The van der Waals surface area contributed by atoms with Gasteiger partial charge in [0.25, 0.3) is 0 Å². The summed E-state index contributed by atoms with van der Waals surface area (Å²) < 4.78 is 2.04. The molecule has 3 rings (SSSR count). The van der Waals surface area contributed by atoms with Gasteiger partial charge in [0.2, 0.25) is 0 Å². The molecule has 0 saturated heterocycles. The van der Waals surface area contributed by atoms with Crippen LogP contribution in [-0.2, 0) is 13.1 Å². The van der Waals surface area contributed by atoms with Crippen LogP contribution in [-0.4, -0.2) is 31.4 Å². The molecule has 0 aromatic carbocycles. The van der Waals surface area contributed by atoms with Gasteiger partial charge in [-0.2, -0.15) is 0 Å². The van der Waals surface area contributed by atoms with Gasteiger partial charge in [0.15, 0.2) is 5.82 Å². The number of anilines is 1. The van der Waals surface area contributed by atoms with Crippen molar-refractivity contribution in [2.75, 3.05) is 11.4 Å². The van der Waals surface area contributed by atoms with E-state index in [9.17, 15) is 5.11 Å². The molecule has 0 bridgehead atoms. The minimum absolute atomic E-state index is 0.520. The first-order valence-corrected chi connectivity index (χ1v) is 6.00. The molecule has 1 aliphatic heterocycles. The highest BCUT2D eigenvalue weighted by molar-refractivity contribution is 5.48. The van der Waals surface area contributed by atoms with Gasteiger partial charge in [-0.25, -0.2) is 4.98 Å². The van der Waals surface area contributed by atoms with Crippen molar-refractivity contribution in [3.05, 3.63) is 36.0 Å². The molecule has 0 amide bonds. The SMILES string of the molecule is C[C@H](O)c1cccnc1N1CCn2cnnc2C1. The Kier molecular flexibility index (Phi) is 2.71. The zero-order valence-corrected chi connectivity index (χ0v) is 10.2. The van der Waals surface area contributed by atoms with E-state index in [1.54, 1.807) is 19.4 Å². The molecule has 18 heavy (non-hydrogen) atoms. The van der Waals surface area contributed by atoms with Crippen molar-refractivity contribution < 1.29 is 5.11 Å². The molecular weight excluding hydrogens is 230 g/mol. The number of fused-ring (bicyclic) bond motifs is 1. The smallest absolute Gasteiger partial charge is 0.152 e. The molecule has 3 heterocycles. The lowest BCUT2D eigenvalue weighted by Crippen LogP contribution is -2.35. The monoisotopic (exact) mass is 245 g/mol. The molecule has 0 fully saturated rings. The van der Waals surface area contributed by atoms with Crippen LogP contribution in [0.25, 0.3) is 0 Å². The van der Waals surface area contributed by atoms with Gasteiger partial charge in [0, 0.05) is 24.8 Å². The summed E-state index contributed by atoms with van der Waals surface area (Å²) in [6.45, 7) is 4.13. The Balaban J connectivity index is 1.93. The van der Waals surface area contributed by atoms with Crippen molar-refractivity contribution in [1.29, 1.82) is 0 Å². The summed E-state index contributed by atoms with van der Waals surface area (Å²) in [6.07, 6.45) is 2.98. The fourth-order valence-corrected chi connectivity index (χ4v) is 2.25. The van der Waals surface area contributed by atoms with Crippen LogP contribution >= 0.6 is 0 Å². The fourth-order valence-electron chi connectivity index (χ4n) is 2.25. The van der Waals surface area contributed by atoms with Gasteiger partial charge < -0.3 is 14.6 Å². The predicted molar refractivity (Wildman–Crippen MR) is 65.9 cm³/mol. The molecular formula is C12H15N5O. The molecule has 6 heteroatoms. The van der Waals surface area contributed by atoms with Gasteiger partial charge >= 0.3 is 0 Å². The van der Waals surface area contributed by atoms with Crippen LogP contribution in [0.5, 0.6) is 0 Å². The molecule has 2 aromatic rings. The molecule has 6 nitrogen and oxygen atoms in total. The van der Waals surface area contributed by atoms with Crippen LogP contribution in [0, 0.1) is 0 Å². The van der Waals surface area contributed by atoms with Crippen LogP contribution in [0.4, 0.5) is 5.82 Å². The molecule has 1 N–H and O–H groups in total. The average Bonchev–Trinajstić information content (AvgIpc) is 2.85. The van der Waals surface area contributed by atoms with Crippen molar-refractivity contribution in [1.82, 2.24) is 19.7 Å². The van der Waals surface area contributed by atoms with Crippen molar-refractivity contribution in [3.8, 4) is 0 Å². The number of rotatable bonds is 2. The molecule has 1 aliphatic rings. The molecule has 0 radical (unpaired) electrons. The Morgan fingerprint density at radius 3 is 3.11 bits per heavy atom.